The number of benzene rings is 2. The molecule has 1 aliphatic rings. The van der Waals surface area contributed by atoms with E-state index < -0.39 is 34.3 Å². The summed E-state index contributed by atoms with van der Waals surface area (Å²) in [5.74, 6) is -2.16. The molecule has 0 bridgehead atoms. The Morgan fingerprint density at radius 2 is 1.90 bits per heavy atom. The van der Waals surface area contributed by atoms with Crippen molar-refractivity contribution in [3.8, 4) is 0 Å². The maximum absolute atomic E-state index is 13.1. The second-order valence-electron chi connectivity index (χ2n) is 6.30. The number of anilines is 1. The van der Waals surface area contributed by atoms with E-state index in [-0.39, 0.29) is 34.3 Å². The molecule has 1 amide bonds. The third kappa shape index (κ3) is 5.33. The summed E-state index contributed by atoms with van der Waals surface area (Å²) in [6.07, 6.45) is 0. The number of sulfonamides is 1. The molecule has 2 aromatic rings. The first-order valence-electron chi connectivity index (χ1n) is 8.87. The zero-order valence-corrected chi connectivity index (χ0v) is 17.2. The molecule has 160 valence electrons. The second-order valence-corrected chi connectivity index (χ2v) is 8.64. The molecule has 3 rings (SSSR count). The molecule has 1 fully saturated rings. The summed E-state index contributed by atoms with van der Waals surface area (Å²) >= 11 is 5.64. The van der Waals surface area contributed by atoms with Crippen molar-refractivity contribution >= 4 is 39.2 Å². The van der Waals surface area contributed by atoms with E-state index in [1.807, 2.05) is 0 Å². The highest BCUT2D eigenvalue weighted by Crippen LogP contribution is 2.20. The van der Waals surface area contributed by atoms with Gasteiger partial charge >= 0.3 is 5.97 Å². The van der Waals surface area contributed by atoms with Gasteiger partial charge in [0.1, 0.15) is 5.82 Å². The van der Waals surface area contributed by atoms with E-state index in [1.165, 1.54) is 40.7 Å². The number of carbonyl (C=O) groups is 2. The molecule has 11 heteroatoms. The summed E-state index contributed by atoms with van der Waals surface area (Å²) in [7, 11) is -3.77. The fraction of sp³-hybridized carbons (Fsp3) is 0.263. The zero-order valence-electron chi connectivity index (χ0n) is 15.6. The molecule has 1 N–H and O–H groups in total. The Balaban J connectivity index is 1.62. The normalized spacial score (nSPS) is 14.9. The first kappa shape index (κ1) is 22.2. The lowest BCUT2D eigenvalue weighted by Gasteiger charge is -2.26. The Labute approximate surface area is 177 Å². The number of morpholine rings is 1. The molecule has 0 radical (unpaired) electrons. The lowest BCUT2D eigenvalue weighted by atomic mass is 10.2. The molecule has 30 heavy (non-hydrogen) atoms. The largest absolute Gasteiger partial charge is 0.452 e. The average molecular weight is 457 g/mol. The van der Waals surface area contributed by atoms with Crippen LogP contribution in [0.15, 0.2) is 47.4 Å². The van der Waals surface area contributed by atoms with Gasteiger partial charge in [0.25, 0.3) is 5.91 Å². The van der Waals surface area contributed by atoms with Gasteiger partial charge in [-0.05, 0) is 36.4 Å². The van der Waals surface area contributed by atoms with Crippen molar-refractivity contribution in [3.05, 3.63) is 58.9 Å². The lowest BCUT2D eigenvalue weighted by molar-refractivity contribution is -0.119. The number of esters is 1. The number of nitrogens with one attached hydrogen (secondary N) is 1. The minimum atomic E-state index is -3.77. The molecule has 1 saturated heterocycles. The molecule has 8 nitrogen and oxygen atoms in total. The van der Waals surface area contributed by atoms with Crippen LogP contribution in [0.2, 0.25) is 5.02 Å². The second kappa shape index (κ2) is 9.52. The SMILES string of the molecule is O=C(COC(=O)c1cccc(S(=O)(=O)N2CCOCC2)c1)Nc1ccc(F)c(Cl)c1. The predicted octanol–water partition coefficient (Wildman–Crippen LogP) is 2.30. The minimum Gasteiger partial charge on any atom is -0.452 e. The zero-order chi connectivity index (χ0) is 21.7. The fourth-order valence-corrected chi connectivity index (χ4v) is 4.34. The van der Waals surface area contributed by atoms with Crippen LogP contribution in [0.3, 0.4) is 0 Å². The number of nitrogens with zero attached hydrogens (tertiary/aromatic N) is 1. The van der Waals surface area contributed by atoms with E-state index in [2.05, 4.69) is 5.32 Å². The summed E-state index contributed by atoms with van der Waals surface area (Å²) in [5, 5.41) is 2.25. The molecular formula is C19H18ClFN2O6S. The standard InChI is InChI=1S/C19H18ClFN2O6S/c20-16-11-14(4-5-17(16)21)22-18(24)12-29-19(25)13-2-1-3-15(10-13)30(26,27)23-6-8-28-9-7-23/h1-5,10-11H,6-9,12H2,(H,22,24). The van der Waals surface area contributed by atoms with Gasteiger partial charge in [-0.2, -0.15) is 4.31 Å². The maximum atomic E-state index is 13.1. The number of hydrogen-bond acceptors (Lipinski definition) is 6. The number of amides is 1. The number of halogens is 2. The molecule has 1 aliphatic heterocycles. The van der Waals surface area contributed by atoms with Crippen LogP contribution in [0.1, 0.15) is 10.4 Å². The first-order valence-corrected chi connectivity index (χ1v) is 10.7. The Bertz CT molecular complexity index is 1060. The van der Waals surface area contributed by atoms with E-state index in [0.717, 1.165) is 6.07 Å². The number of ether oxygens (including phenoxy) is 2. The Hall–Kier alpha value is -2.53. The lowest BCUT2D eigenvalue weighted by Crippen LogP contribution is -2.40. The topological polar surface area (TPSA) is 102 Å². The molecule has 0 spiro atoms. The molecule has 0 atom stereocenters. The van der Waals surface area contributed by atoms with Crippen LogP contribution in [0.4, 0.5) is 10.1 Å². The molecule has 0 unspecified atom stereocenters. The Kier molecular flexibility index (Phi) is 7.03. The van der Waals surface area contributed by atoms with Crippen LogP contribution in [0, 0.1) is 5.82 Å². The number of hydrogen-bond donors (Lipinski definition) is 1. The van der Waals surface area contributed by atoms with Crippen LogP contribution < -0.4 is 5.32 Å². The first-order chi connectivity index (χ1) is 14.3. The average Bonchev–Trinajstić information content (AvgIpc) is 2.75. The van der Waals surface area contributed by atoms with E-state index in [1.54, 1.807) is 0 Å². The van der Waals surface area contributed by atoms with Crippen LogP contribution >= 0.6 is 11.6 Å². The monoisotopic (exact) mass is 456 g/mol. The van der Waals surface area contributed by atoms with Gasteiger partial charge in [-0.15, -0.1) is 0 Å². The van der Waals surface area contributed by atoms with Gasteiger partial charge in [0.2, 0.25) is 10.0 Å². The van der Waals surface area contributed by atoms with Crippen molar-refractivity contribution in [2.45, 2.75) is 4.90 Å². The molecule has 0 saturated carbocycles. The van der Waals surface area contributed by atoms with E-state index >= 15 is 0 Å². The summed E-state index contributed by atoms with van der Waals surface area (Å²) in [6.45, 7) is 0.439. The van der Waals surface area contributed by atoms with Crippen molar-refractivity contribution in [2.75, 3.05) is 38.2 Å². The van der Waals surface area contributed by atoms with Gasteiger partial charge in [0, 0.05) is 18.8 Å². The Morgan fingerprint density at radius 1 is 1.17 bits per heavy atom. The summed E-state index contributed by atoms with van der Waals surface area (Å²) in [4.78, 5) is 24.1. The van der Waals surface area contributed by atoms with Gasteiger partial charge < -0.3 is 14.8 Å². The smallest absolute Gasteiger partial charge is 0.338 e. The molecule has 0 aliphatic carbocycles. The van der Waals surface area contributed by atoms with Crippen molar-refractivity contribution in [2.24, 2.45) is 0 Å². The predicted molar refractivity (Wildman–Crippen MR) is 106 cm³/mol. The molecular weight excluding hydrogens is 439 g/mol. The van der Waals surface area contributed by atoms with Crippen LogP contribution in [0.5, 0.6) is 0 Å². The van der Waals surface area contributed by atoms with E-state index in [0.29, 0.717) is 13.2 Å². The Morgan fingerprint density at radius 3 is 2.60 bits per heavy atom. The van der Waals surface area contributed by atoms with Gasteiger partial charge in [-0.3, -0.25) is 4.79 Å². The number of carbonyl (C=O) groups excluding carboxylic acids is 2. The quantitative estimate of drug-likeness (QED) is 0.669. The highest BCUT2D eigenvalue weighted by Gasteiger charge is 2.27. The molecule has 1 heterocycles. The summed E-state index contributed by atoms with van der Waals surface area (Å²) in [6, 6.07) is 9.00. The highest BCUT2D eigenvalue weighted by molar-refractivity contribution is 7.89. The maximum Gasteiger partial charge on any atom is 0.338 e. The van der Waals surface area contributed by atoms with Crippen LogP contribution in [0.25, 0.3) is 0 Å². The highest BCUT2D eigenvalue weighted by atomic mass is 35.5. The van der Waals surface area contributed by atoms with Crippen LogP contribution in [-0.4, -0.2) is 57.5 Å². The van der Waals surface area contributed by atoms with Crippen molar-refractivity contribution < 1.29 is 31.9 Å². The van der Waals surface area contributed by atoms with Gasteiger partial charge in [-0.1, -0.05) is 17.7 Å². The van der Waals surface area contributed by atoms with Crippen molar-refractivity contribution in [3.63, 3.8) is 0 Å². The molecule has 2 aromatic carbocycles. The van der Waals surface area contributed by atoms with Crippen molar-refractivity contribution in [1.82, 2.24) is 4.31 Å². The summed E-state index contributed by atoms with van der Waals surface area (Å²) < 4.78 is 49.9. The van der Waals surface area contributed by atoms with Crippen LogP contribution in [-0.2, 0) is 24.3 Å². The molecule has 0 aromatic heterocycles. The van der Waals surface area contributed by atoms with Gasteiger partial charge in [0.05, 0.1) is 28.7 Å². The summed E-state index contributed by atoms with van der Waals surface area (Å²) in [5.41, 5.74) is 0.225. The third-order valence-electron chi connectivity index (χ3n) is 4.22. The fourth-order valence-electron chi connectivity index (χ4n) is 2.70. The third-order valence-corrected chi connectivity index (χ3v) is 6.40. The van der Waals surface area contributed by atoms with Gasteiger partial charge in [-0.25, -0.2) is 17.6 Å². The van der Waals surface area contributed by atoms with E-state index in [9.17, 15) is 22.4 Å². The van der Waals surface area contributed by atoms with Crippen molar-refractivity contribution in [1.29, 1.82) is 0 Å². The minimum absolute atomic E-state index is 0.0121. The van der Waals surface area contributed by atoms with Gasteiger partial charge in [0.15, 0.2) is 6.61 Å². The van der Waals surface area contributed by atoms with E-state index in [4.69, 9.17) is 21.1 Å². The number of rotatable bonds is 6.